The highest BCUT2D eigenvalue weighted by Crippen LogP contribution is 2.13. The molecule has 0 saturated heterocycles. The first-order chi connectivity index (χ1) is 9.06. The van der Waals surface area contributed by atoms with E-state index in [0.29, 0.717) is 12.0 Å². The Morgan fingerprint density at radius 2 is 2.00 bits per heavy atom. The second-order valence-electron chi connectivity index (χ2n) is 5.96. The number of likely N-dealkylation sites (N-methyl/N-ethyl adjacent to an activating group) is 1. The normalized spacial score (nSPS) is 14.8. The average Bonchev–Trinajstić information content (AvgIpc) is 2.76. The zero-order valence-corrected chi connectivity index (χ0v) is 13.2. The fourth-order valence-corrected chi connectivity index (χ4v) is 2.34. The summed E-state index contributed by atoms with van der Waals surface area (Å²) in [7, 11) is 0. The molecule has 0 aliphatic heterocycles. The zero-order valence-electron chi connectivity index (χ0n) is 13.2. The number of hydrogen-bond donors (Lipinski definition) is 1. The summed E-state index contributed by atoms with van der Waals surface area (Å²) in [6.07, 6.45) is 5.11. The van der Waals surface area contributed by atoms with Crippen LogP contribution < -0.4 is 5.32 Å². The van der Waals surface area contributed by atoms with Crippen LogP contribution in [-0.4, -0.2) is 27.4 Å². The molecule has 0 amide bonds. The minimum Gasteiger partial charge on any atom is -0.314 e. The highest BCUT2D eigenvalue weighted by Gasteiger charge is 2.15. The molecule has 1 aromatic heterocycles. The molecule has 4 heteroatoms. The van der Waals surface area contributed by atoms with Gasteiger partial charge in [-0.25, -0.2) is 9.67 Å². The Hall–Kier alpha value is -0.900. The summed E-state index contributed by atoms with van der Waals surface area (Å²) in [6, 6.07) is 0.509. The molecule has 0 aromatic carbocycles. The fourth-order valence-electron chi connectivity index (χ4n) is 2.34. The summed E-state index contributed by atoms with van der Waals surface area (Å²) in [6.45, 7) is 13.1. The van der Waals surface area contributed by atoms with Gasteiger partial charge < -0.3 is 5.32 Å². The Balaban J connectivity index is 2.65. The molecule has 0 radical (unpaired) electrons. The predicted molar refractivity (Wildman–Crippen MR) is 80.1 cm³/mol. The van der Waals surface area contributed by atoms with Gasteiger partial charge in [0.15, 0.2) is 0 Å². The lowest BCUT2D eigenvalue weighted by Crippen LogP contribution is -2.33. The molecule has 0 fully saturated rings. The Morgan fingerprint density at radius 3 is 2.58 bits per heavy atom. The Bertz CT molecular complexity index is 346. The largest absolute Gasteiger partial charge is 0.314 e. The first-order valence-electron chi connectivity index (χ1n) is 7.66. The highest BCUT2D eigenvalue weighted by molar-refractivity contribution is 4.90. The van der Waals surface area contributed by atoms with Crippen molar-refractivity contribution in [3.05, 3.63) is 12.2 Å². The van der Waals surface area contributed by atoms with Crippen LogP contribution in [0.2, 0.25) is 0 Å². The van der Waals surface area contributed by atoms with E-state index in [2.05, 4.69) is 54.7 Å². The minimum absolute atomic E-state index is 0.509. The summed E-state index contributed by atoms with van der Waals surface area (Å²) in [5, 5.41) is 7.93. The van der Waals surface area contributed by atoms with Crippen LogP contribution >= 0.6 is 0 Å². The van der Waals surface area contributed by atoms with Gasteiger partial charge in [0.2, 0.25) is 0 Å². The van der Waals surface area contributed by atoms with Crippen LogP contribution in [0.1, 0.15) is 53.3 Å². The van der Waals surface area contributed by atoms with Gasteiger partial charge in [0.1, 0.15) is 12.2 Å². The number of rotatable bonds is 9. The van der Waals surface area contributed by atoms with Crippen molar-refractivity contribution >= 4 is 0 Å². The van der Waals surface area contributed by atoms with E-state index in [0.717, 1.165) is 31.3 Å². The van der Waals surface area contributed by atoms with Crippen LogP contribution in [0.3, 0.4) is 0 Å². The van der Waals surface area contributed by atoms with E-state index >= 15 is 0 Å². The molecule has 110 valence electrons. The lowest BCUT2D eigenvalue weighted by Gasteiger charge is -2.21. The van der Waals surface area contributed by atoms with Crippen molar-refractivity contribution in [3.63, 3.8) is 0 Å². The highest BCUT2D eigenvalue weighted by atomic mass is 15.3. The van der Waals surface area contributed by atoms with E-state index < -0.39 is 0 Å². The molecule has 0 spiro atoms. The molecule has 1 heterocycles. The number of nitrogens with one attached hydrogen (secondary N) is 1. The summed E-state index contributed by atoms with van der Waals surface area (Å²) in [5.41, 5.74) is 0. The third kappa shape index (κ3) is 5.72. The zero-order chi connectivity index (χ0) is 14.3. The summed E-state index contributed by atoms with van der Waals surface area (Å²) in [5.74, 6) is 2.47. The first-order valence-corrected chi connectivity index (χ1v) is 7.66. The van der Waals surface area contributed by atoms with Gasteiger partial charge in [0, 0.05) is 19.0 Å². The van der Waals surface area contributed by atoms with Crippen molar-refractivity contribution in [1.82, 2.24) is 20.1 Å². The van der Waals surface area contributed by atoms with Gasteiger partial charge in [0.05, 0.1) is 0 Å². The molecular weight excluding hydrogens is 236 g/mol. The second-order valence-corrected chi connectivity index (χ2v) is 5.96. The third-order valence-electron chi connectivity index (χ3n) is 3.54. The Morgan fingerprint density at radius 1 is 1.26 bits per heavy atom. The summed E-state index contributed by atoms with van der Waals surface area (Å²) < 4.78 is 2.06. The Labute approximate surface area is 118 Å². The van der Waals surface area contributed by atoms with Crippen molar-refractivity contribution in [3.8, 4) is 0 Å². The molecule has 1 N–H and O–H groups in total. The van der Waals surface area contributed by atoms with Gasteiger partial charge in [-0.1, -0.05) is 41.0 Å². The monoisotopic (exact) mass is 266 g/mol. The van der Waals surface area contributed by atoms with Gasteiger partial charge in [-0.3, -0.25) is 0 Å². The number of nitrogens with zero attached hydrogens (tertiary/aromatic N) is 3. The maximum absolute atomic E-state index is 4.44. The topological polar surface area (TPSA) is 42.7 Å². The van der Waals surface area contributed by atoms with Crippen LogP contribution in [0, 0.1) is 11.8 Å². The molecule has 19 heavy (non-hydrogen) atoms. The van der Waals surface area contributed by atoms with Crippen molar-refractivity contribution in [1.29, 1.82) is 0 Å². The quantitative estimate of drug-likeness (QED) is 0.747. The van der Waals surface area contributed by atoms with Gasteiger partial charge >= 0.3 is 0 Å². The van der Waals surface area contributed by atoms with Crippen molar-refractivity contribution in [2.24, 2.45) is 11.8 Å². The standard InChI is InChI=1S/C15H30N4/c1-6-13(5)8-14(16-7-2)9-15-17-11-18-19(15)10-12(3)4/h11-14,16H,6-10H2,1-5H3. The molecule has 2 unspecified atom stereocenters. The molecule has 1 rings (SSSR count). The van der Waals surface area contributed by atoms with Crippen LogP contribution in [0.5, 0.6) is 0 Å². The van der Waals surface area contributed by atoms with Crippen LogP contribution in [0.25, 0.3) is 0 Å². The summed E-state index contributed by atoms with van der Waals surface area (Å²) >= 11 is 0. The van der Waals surface area contributed by atoms with Crippen molar-refractivity contribution in [2.45, 2.75) is 66.5 Å². The molecule has 4 nitrogen and oxygen atoms in total. The minimum atomic E-state index is 0.509. The molecule has 0 saturated carbocycles. The summed E-state index contributed by atoms with van der Waals surface area (Å²) in [4.78, 5) is 4.44. The van der Waals surface area contributed by atoms with Crippen LogP contribution in [0.15, 0.2) is 6.33 Å². The van der Waals surface area contributed by atoms with Gasteiger partial charge in [-0.15, -0.1) is 0 Å². The van der Waals surface area contributed by atoms with E-state index in [1.165, 1.54) is 12.8 Å². The predicted octanol–water partition coefficient (Wildman–Crippen LogP) is 2.89. The lowest BCUT2D eigenvalue weighted by molar-refractivity contribution is 0.380. The number of hydrogen-bond acceptors (Lipinski definition) is 3. The SMILES string of the molecule is CCNC(Cc1ncnn1CC(C)C)CC(C)CC. The van der Waals surface area contributed by atoms with E-state index in [1.54, 1.807) is 6.33 Å². The van der Waals surface area contributed by atoms with E-state index in [9.17, 15) is 0 Å². The van der Waals surface area contributed by atoms with Gasteiger partial charge in [-0.05, 0) is 24.8 Å². The molecule has 2 atom stereocenters. The van der Waals surface area contributed by atoms with Crippen LogP contribution in [0.4, 0.5) is 0 Å². The van der Waals surface area contributed by atoms with Crippen molar-refractivity contribution in [2.75, 3.05) is 6.54 Å². The van der Waals surface area contributed by atoms with E-state index in [4.69, 9.17) is 0 Å². The fraction of sp³-hybridized carbons (Fsp3) is 0.867. The third-order valence-corrected chi connectivity index (χ3v) is 3.54. The van der Waals surface area contributed by atoms with Crippen LogP contribution in [-0.2, 0) is 13.0 Å². The molecule has 0 bridgehead atoms. The maximum atomic E-state index is 4.44. The van der Waals surface area contributed by atoms with E-state index in [-0.39, 0.29) is 0 Å². The smallest absolute Gasteiger partial charge is 0.138 e. The van der Waals surface area contributed by atoms with E-state index in [1.807, 2.05) is 0 Å². The maximum Gasteiger partial charge on any atom is 0.138 e. The average molecular weight is 266 g/mol. The van der Waals surface area contributed by atoms with Gasteiger partial charge in [0.25, 0.3) is 0 Å². The second kappa shape index (κ2) is 8.31. The van der Waals surface area contributed by atoms with Gasteiger partial charge in [-0.2, -0.15) is 5.10 Å². The Kier molecular flexibility index (Phi) is 7.06. The lowest BCUT2D eigenvalue weighted by atomic mass is 9.97. The van der Waals surface area contributed by atoms with Crippen molar-refractivity contribution < 1.29 is 0 Å². The molecular formula is C15H30N4. The molecule has 1 aromatic rings. The number of aromatic nitrogens is 3. The first kappa shape index (κ1) is 16.2. The molecule has 0 aliphatic rings. The molecule has 0 aliphatic carbocycles.